The molecule has 0 spiro atoms. The number of hydrogen-bond acceptors (Lipinski definition) is 3. The van der Waals surface area contributed by atoms with Gasteiger partial charge in [-0.2, -0.15) is 0 Å². The number of anilines is 1. The molecular formula is C24H26N2O3S. The Kier molecular flexibility index (Phi) is 6.90. The second kappa shape index (κ2) is 9.59. The van der Waals surface area contributed by atoms with Crippen LogP contribution in [0.5, 0.6) is 0 Å². The van der Waals surface area contributed by atoms with Gasteiger partial charge in [0.15, 0.2) is 0 Å². The van der Waals surface area contributed by atoms with Gasteiger partial charge >= 0.3 is 0 Å². The van der Waals surface area contributed by atoms with Gasteiger partial charge in [0.25, 0.3) is 15.9 Å². The van der Waals surface area contributed by atoms with Crippen molar-refractivity contribution in [2.75, 3.05) is 17.9 Å². The molecule has 3 aromatic carbocycles. The first-order chi connectivity index (χ1) is 14.4. The molecule has 3 aromatic rings. The Morgan fingerprint density at radius 3 is 2.33 bits per heavy atom. The van der Waals surface area contributed by atoms with E-state index in [-0.39, 0.29) is 10.8 Å². The van der Waals surface area contributed by atoms with Crippen molar-refractivity contribution in [2.45, 2.75) is 24.7 Å². The van der Waals surface area contributed by atoms with Crippen molar-refractivity contribution < 1.29 is 13.2 Å². The predicted octanol–water partition coefficient (Wildman–Crippen LogP) is 4.18. The Bertz CT molecular complexity index is 1090. The summed E-state index contributed by atoms with van der Waals surface area (Å²) in [6, 6.07) is 23.5. The molecule has 30 heavy (non-hydrogen) atoms. The van der Waals surface area contributed by atoms with E-state index in [2.05, 4.69) is 17.4 Å². The molecule has 1 amide bonds. The fourth-order valence-corrected chi connectivity index (χ4v) is 4.33. The van der Waals surface area contributed by atoms with Crippen molar-refractivity contribution in [3.8, 4) is 0 Å². The maximum atomic E-state index is 13.0. The first-order valence-electron chi connectivity index (χ1n) is 9.86. The van der Waals surface area contributed by atoms with Crippen LogP contribution in [0.2, 0.25) is 0 Å². The molecule has 1 N–H and O–H groups in total. The average molecular weight is 423 g/mol. The highest BCUT2D eigenvalue weighted by molar-refractivity contribution is 7.92. The lowest BCUT2D eigenvalue weighted by Crippen LogP contribution is -2.28. The summed E-state index contributed by atoms with van der Waals surface area (Å²) >= 11 is 0. The third-order valence-electron chi connectivity index (χ3n) is 4.92. The second-order valence-electron chi connectivity index (χ2n) is 7.18. The Balaban J connectivity index is 1.65. The van der Waals surface area contributed by atoms with E-state index in [4.69, 9.17) is 0 Å². The molecule has 0 saturated carbocycles. The molecule has 0 saturated heterocycles. The summed E-state index contributed by atoms with van der Waals surface area (Å²) in [5, 5.41) is 2.87. The van der Waals surface area contributed by atoms with Crippen molar-refractivity contribution in [1.82, 2.24) is 5.32 Å². The van der Waals surface area contributed by atoms with Crippen molar-refractivity contribution in [3.05, 3.63) is 95.6 Å². The molecule has 5 nitrogen and oxygen atoms in total. The molecule has 0 atom stereocenters. The third kappa shape index (κ3) is 5.27. The highest BCUT2D eigenvalue weighted by Gasteiger charge is 2.22. The highest BCUT2D eigenvalue weighted by atomic mass is 32.2. The van der Waals surface area contributed by atoms with E-state index in [0.717, 1.165) is 18.4 Å². The van der Waals surface area contributed by atoms with Gasteiger partial charge in [-0.15, -0.1) is 0 Å². The summed E-state index contributed by atoms with van der Waals surface area (Å²) in [7, 11) is -2.26. The Labute approximate surface area is 178 Å². The molecule has 0 heterocycles. The standard InChI is InChI=1S/C24H26N2O3S/c1-19-13-15-22(16-14-19)26(2)30(28,29)23-12-6-11-21(18-23)24(27)25-17-7-10-20-8-4-3-5-9-20/h3-6,8-9,11-16,18H,7,10,17H2,1-2H3,(H,25,27). The first-order valence-corrected chi connectivity index (χ1v) is 11.3. The number of carbonyl (C=O) groups is 1. The van der Waals surface area contributed by atoms with Gasteiger partial charge in [-0.25, -0.2) is 8.42 Å². The lowest BCUT2D eigenvalue weighted by molar-refractivity contribution is 0.0953. The molecule has 0 bridgehead atoms. The third-order valence-corrected chi connectivity index (χ3v) is 6.70. The molecule has 0 unspecified atom stereocenters. The summed E-state index contributed by atoms with van der Waals surface area (Å²) in [5.41, 5.74) is 3.17. The molecule has 0 aliphatic heterocycles. The van der Waals surface area contributed by atoms with Crippen LogP contribution in [0, 0.1) is 6.92 Å². The second-order valence-corrected chi connectivity index (χ2v) is 9.15. The largest absolute Gasteiger partial charge is 0.352 e. The van der Waals surface area contributed by atoms with Crippen LogP contribution < -0.4 is 9.62 Å². The van der Waals surface area contributed by atoms with Crippen molar-refractivity contribution in [1.29, 1.82) is 0 Å². The molecule has 156 valence electrons. The Morgan fingerprint density at radius 1 is 0.933 bits per heavy atom. The Morgan fingerprint density at radius 2 is 1.63 bits per heavy atom. The molecule has 0 aliphatic carbocycles. The molecule has 0 radical (unpaired) electrons. The number of benzene rings is 3. The van der Waals surface area contributed by atoms with E-state index >= 15 is 0 Å². The van der Waals surface area contributed by atoms with E-state index in [1.54, 1.807) is 24.3 Å². The van der Waals surface area contributed by atoms with Gasteiger partial charge in [0.2, 0.25) is 0 Å². The van der Waals surface area contributed by atoms with E-state index in [1.165, 1.54) is 29.0 Å². The zero-order chi connectivity index (χ0) is 21.6. The number of rotatable bonds is 8. The normalized spacial score (nSPS) is 11.1. The SMILES string of the molecule is Cc1ccc(N(C)S(=O)(=O)c2cccc(C(=O)NCCCc3ccccc3)c2)cc1. The van der Waals surface area contributed by atoms with Gasteiger partial charge in [0.1, 0.15) is 0 Å². The Hall–Kier alpha value is -3.12. The molecule has 3 rings (SSSR count). The van der Waals surface area contributed by atoms with Gasteiger partial charge in [-0.3, -0.25) is 9.10 Å². The van der Waals surface area contributed by atoms with Gasteiger partial charge in [-0.05, 0) is 55.7 Å². The minimum atomic E-state index is -3.77. The number of hydrogen-bond donors (Lipinski definition) is 1. The number of sulfonamides is 1. The van der Waals surface area contributed by atoms with E-state index < -0.39 is 10.0 Å². The lowest BCUT2D eigenvalue weighted by Gasteiger charge is -2.20. The maximum absolute atomic E-state index is 13.0. The monoisotopic (exact) mass is 422 g/mol. The predicted molar refractivity (Wildman–Crippen MR) is 120 cm³/mol. The molecule has 6 heteroatoms. The van der Waals surface area contributed by atoms with E-state index in [0.29, 0.717) is 17.8 Å². The fraction of sp³-hybridized carbons (Fsp3) is 0.208. The lowest BCUT2D eigenvalue weighted by atomic mass is 10.1. The molecule has 0 fully saturated rings. The van der Waals surface area contributed by atoms with Gasteiger partial charge in [0.05, 0.1) is 10.6 Å². The summed E-state index contributed by atoms with van der Waals surface area (Å²) in [4.78, 5) is 12.6. The van der Waals surface area contributed by atoms with Gasteiger partial charge in [-0.1, -0.05) is 54.1 Å². The summed E-state index contributed by atoms with van der Waals surface area (Å²) in [6.45, 7) is 2.47. The highest BCUT2D eigenvalue weighted by Crippen LogP contribution is 2.23. The maximum Gasteiger partial charge on any atom is 0.264 e. The average Bonchev–Trinajstić information content (AvgIpc) is 2.77. The van der Waals surface area contributed by atoms with Crippen LogP contribution in [0.15, 0.2) is 83.8 Å². The number of nitrogens with zero attached hydrogens (tertiary/aromatic N) is 1. The number of amides is 1. The van der Waals surface area contributed by atoms with Crippen LogP contribution in [0.1, 0.15) is 27.9 Å². The minimum absolute atomic E-state index is 0.0857. The van der Waals surface area contributed by atoms with Gasteiger partial charge < -0.3 is 5.32 Å². The number of nitrogens with one attached hydrogen (secondary N) is 1. The van der Waals surface area contributed by atoms with Crippen LogP contribution >= 0.6 is 0 Å². The van der Waals surface area contributed by atoms with Crippen LogP contribution in [0.4, 0.5) is 5.69 Å². The van der Waals surface area contributed by atoms with Crippen LogP contribution in [-0.4, -0.2) is 27.9 Å². The minimum Gasteiger partial charge on any atom is -0.352 e. The van der Waals surface area contributed by atoms with Crippen molar-refractivity contribution in [2.24, 2.45) is 0 Å². The molecule has 0 aliphatic rings. The fourth-order valence-electron chi connectivity index (χ4n) is 3.09. The van der Waals surface area contributed by atoms with Crippen molar-refractivity contribution >= 4 is 21.6 Å². The zero-order valence-corrected chi connectivity index (χ0v) is 18.0. The molecular weight excluding hydrogens is 396 g/mol. The van der Waals surface area contributed by atoms with Crippen LogP contribution in [0.25, 0.3) is 0 Å². The van der Waals surface area contributed by atoms with Crippen molar-refractivity contribution in [3.63, 3.8) is 0 Å². The van der Waals surface area contributed by atoms with Crippen LogP contribution in [-0.2, 0) is 16.4 Å². The summed E-state index contributed by atoms with van der Waals surface area (Å²) in [6.07, 6.45) is 1.68. The quantitative estimate of drug-likeness (QED) is 0.554. The van der Waals surface area contributed by atoms with Gasteiger partial charge in [0, 0.05) is 19.2 Å². The zero-order valence-electron chi connectivity index (χ0n) is 17.2. The first kappa shape index (κ1) is 21.6. The summed E-state index contributed by atoms with van der Waals surface area (Å²) < 4.78 is 27.2. The smallest absolute Gasteiger partial charge is 0.264 e. The van der Waals surface area contributed by atoms with Crippen LogP contribution in [0.3, 0.4) is 0 Å². The molecule has 0 aromatic heterocycles. The topological polar surface area (TPSA) is 66.5 Å². The van der Waals surface area contributed by atoms with E-state index in [1.807, 2.05) is 37.3 Å². The number of carbonyl (C=O) groups excluding carboxylic acids is 1. The van der Waals surface area contributed by atoms with E-state index in [9.17, 15) is 13.2 Å². The number of aryl methyl sites for hydroxylation is 2. The summed E-state index contributed by atoms with van der Waals surface area (Å²) in [5.74, 6) is -0.280.